The summed E-state index contributed by atoms with van der Waals surface area (Å²) >= 11 is 19.3. The molecule has 3 aromatic carbocycles. The smallest absolute Gasteiger partial charge is 0.251 e. The number of carbonyl (C=O) groups is 3. The summed E-state index contributed by atoms with van der Waals surface area (Å²) in [6, 6.07) is 15.3. The van der Waals surface area contributed by atoms with Gasteiger partial charge in [0.2, 0.25) is 5.91 Å². The number of nitrogens with one attached hydrogen (secondary N) is 2. The number of benzene rings is 3. The van der Waals surface area contributed by atoms with E-state index < -0.39 is 16.9 Å². The van der Waals surface area contributed by atoms with Crippen LogP contribution in [0, 0.1) is 12.8 Å². The van der Waals surface area contributed by atoms with Gasteiger partial charge < -0.3 is 10.6 Å². The van der Waals surface area contributed by atoms with Gasteiger partial charge in [0.15, 0.2) is 5.78 Å². The molecule has 0 radical (unpaired) electrons. The first-order valence-corrected chi connectivity index (χ1v) is 13.7. The van der Waals surface area contributed by atoms with E-state index in [1.165, 1.54) is 6.07 Å². The Morgan fingerprint density at radius 3 is 2.53 bits per heavy atom. The quantitative estimate of drug-likeness (QED) is 0.375. The topological polar surface area (TPSA) is 78.5 Å². The van der Waals surface area contributed by atoms with Crippen LogP contribution in [0.3, 0.4) is 0 Å². The number of aryl methyl sites for hydroxylation is 1. The van der Waals surface area contributed by atoms with Gasteiger partial charge in [0, 0.05) is 38.6 Å². The number of hydrogen-bond acceptors (Lipinski definition) is 4. The van der Waals surface area contributed by atoms with Crippen LogP contribution in [0.15, 0.2) is 54.6 Å². The van der Waals surface area contributed by atoms with Crippen molar-refractivity contribution in [2.75, 3.05) is 17.2 Å². The molecule has 3 aromatic rings. The molecule has 4 heterocycles. The molecule has 2 spiro atoms. The lowest BCUT2D eigenvalue weighted by molar-refractivity contribution is -0.137. The van der Waals surface area contributed by atoms with Gasteiger partial charge in [0.1, 0.15) is 11.0 Å². The summed E-state index contributed by atoms with van der Waals surface area (Å²) in [6.07, 6.45) is 1.44. The minimum absolute atomic E-state index is 0.213. The van der Waals surface area contributed by atoms with Crippen LogP contribution >= 0.6 is 34.8 Å². The molecule has 2 N–H and O–H groups in total. The zero-order valence-corrected chi connectivity index (χ0v) is 22.5. The van der Waals surface area contributed by atoms with Crippen molar-refractivity contribution in [3.8, 4) is 0 Å². The van der Waals surface area contributed by atoms with E-state index in [2.05, 4.69) is 15.5 Å². The Hall–Kier alpha value is -2.90. The second-order valence-corrected chi connectivity index (χ2v) is 11.8. The van der Waals surface area contributed by atoms with Gasteiger partial charge in [-0.1, -0.05) is 53.0 Å². The molecule has 4 atom stereocenters. The van der Waals surface area contributed by atoms with E-state index in [0.29, 0.717) is 45.5 Å². The number of nitrogens with zero attached hydrogens (tertiary/aromatic N) is 1. The summed E-state index contributed by atoms with van der Waals surface area (Å²) in [5, 5.41) is 7.19. The highest BCUT2D eigenvalue weighted by molar-refractivity contribution is 6.37. The Morgan fingerprint density at radius 2 is 1.74 bits per heavy atom. The van der Waals surface area contributed by atoms with Gasteiger partial charge in [-0.2, -0.15) is 0 Å². The van der Waals surface area contributed by atoms with Crippen molar-refractivity contribution in [1.29, 1.82) is 0 Å². The lowest BCUT2D eigenvalue weighted by atomic mass is 9.57. The number of anilines is 2. The summed E-state index contributed by atoms with van der Waals surface area (Å²) in [7, 11) is 0. The van der Waals surface area contributed by atoms with Crippen LogP contribution in [0.5, 0.6) is 0 Å². The van der Waals surface area contributed by atoms with Crippen LogP contribution in [0.2, 0.25) is 15.1 Å². The number of ketones is 1. The summed E-state index contributed by atoms with van der Waals surface area (Å²) in [4.78, 5) is 45.7. The maximum absolute atomic E-state index is 14.6. The maximum Gasteiger partial charge on any atom is 0.251 e. The van der Waals surface area contributed by atoms with E-state index in [1.54, 1.807) is 24.3 Å². The minimum atomic E-state index is -1.55. The summed E-state index contributed by atoms with van der Waals surface area (Å²) in [5.41, 5.74) is 0.536. The third-order valence-electron chi connectivity index (χ3n) is 8.85. The van der Waals surface area contributed by atoms with E-state index in [0.717, 1.165) is 12.0 Å². The molecule has 6 nitrogen and oxygen atoms in total. The Morgan fingerprint density at radius 1 is 0.947 bits per heavy atom. The summed E-state index contributed by atoms with van der Waals surface area (Å²) < 4.78 is 0. The van der Waals surface area contributed by atoms with Crippen LogP contribution < -0.4 is 10.6 Å². The van der Waals surface area contributed by atoms with Crippen LogP contribution in [0.1, 0.15) is 39.9 Å². The number of carbonyl (C=O) groups excluding carboxylic acids is 3. The average molecular weight is 567 g/mol. The fraction of sp³-hybridized carbons (Fsp3) is 0.276. The van der Waals surface area contributed by atoms with Gasteiger partial charge >= 0.3 is 0 Å². The molecule has 4 aliphatic rings. The molecule has 2 fully saturated rings. The minimum Gasteiger partial charge on any atom is -0.325 e. The van der Waals surface area contributed by atoms with Gasteiger partial charge in [-0.3, -0.25) is 19.3 Å². The Bertz CT molecular complexity index is 1610. The summed E-state index contributed by atoms with van der Waals surface area (Å²) in [6.45, 7) is 2.43. The second kappa shape index (κ2) is 8.06. The van der Waals surface area contributed by atoms with E-state index in [4.69, 9.17) is 34.8 Å². The van der Waals surface area contributed by atoms with Gasteiger partial charge in [-0.15, -0.1) is 0 Å². The van der Waals surface area contributed by atoms with E-state index in [-0.39, 0.29) is 34.2 Å². The molecule has 7 rings (SSSR count). The van der Waals surface area contributed by atoms with Crippen molar-refractivity contribution in [2.24, 2.45) is 5.92 Å². The van der Waals surface area contributed by atoms with Crippen molar-refractivity contribution in [3.05, 3.63) is 91.9 Å². The van der Waals surface area contributed by atoms with E-state index >= 15 is 0 Å². The first-order chi connectivity index (χ1) is 18.2. The molecular formula is C29H22Cl3N3O3. The lowest BCUT2D eigenvalue weighted by Crippen LogP contribution is -2.62. The molecule has 9 heteroatoms. The third kappa shape index (κ3) is 2.71. The van der Waals surface area contributed by atoms with Crippen molar-refractivity contribution in [2.45, 2.75) is 36.8 Å². The van der Waals surface area contributed by atoms with E-state index in [9.17, 15) is 14.4 Å². The number of Topliss-reactive ketones (excluding diaryl/α,β-unsaturated/α-hetero) is 1. The lowest BCUT2D eigenvalue weighted by Gasteiger charge is -2.43. The zero-order chi connectivity index (χ0) is 26.6. The fourth-order valence-electron chi connectivity index (χ4n) is 7.67. The largest absolute Gasteiger partial charge is 0.325 e. The van der Waals surface area contributed by atoms with Crippen LogP contribution in [0.4, 0.5) is 11.4 Å². The Balaban J connectivity index is 1.61. The molecule has 0 bridgehead atoms. The highest BCUT2D eigenvalue weighted by atomic mass is 35.5. The number of halogens is 3. The molecule has 192 valence electrons. The van der Waals surface area contributed by atoms with E-state index in [1.807, 2.05) is 31.2 Å². The van der Waals surface area contributed by atoms with Crippen LogP contribution in [0.25, 0.3) is 0 Å². The predicted octanol–water partition coefficient (Wildman–Crippen LogP) is 5.97. The first-order valence-electron chi connectivity index (χ1n) is 12.5. The highest BCUT2D eigenvalue weighted by Crippen LogP contribution is 2.68. The molecule has 0 aromatic heterocycles. The normalized spacial score (nSPS) is 28.9. The Kier molecular flexibility index (Phi) is 5.12. The highest BCUT2D eigenvalue weighted by Gasteiger charge is 2.81. The number of amides is 2. The molecule has 2 amide bonds. The van der Waals surface area contributed by atoms with Gasteiger partial charge in [-0.05, 0) is 73.8 Å². The predicted molar refractivity (Wildman–Crippen MR) is 147 cm³/mol. The molecule has 0 aliphatic carbocycles. The molecule has 0 saturated carbocycles. The standard InChI is InChI=1S/C29H22Cl3N3O3/c1-14-11-16(31)12-19-24(14)34-27(38)29(19)28(18-5-2-3-6-21(18)33-26(28)37)23(22-7-4-10-35(22)29)25(36)17-9-8-15(30)13-20(17)32/h2-3,5-6,8-9,11-13,22-23H,4,7,10H2,1H3,(H,33,37)(H,34,38)/t22-,23+,28-,29+/m1/s1. The van der Waals surface area contributed by atoms with Crippen LogP contribution in [-0.2, 0) is 20.5 Å². The zero-order valence-electron chi connectivity index (χ0n) is 20.3. The third-order valence-corrected chi connectivity index (χ3v) is 9.61. The van der Waals surface area contributed by atoms with Gasteiger partial charge in [0.25, 0.3) is 5.91 Å². The molecule has 4 aliphatic heterocycles. The SMILES string of the molecule is Cc1cc(Cl)cc2c1NC(=O)[C@@]21N2CCC[C@@H]2[C@@H](C(=O)c2ccc(Cl)cc2Cl)[C@]12C(=O)Nc1ccccc12. The van der Waals surface area contributed by atoms with Crippen molar-refractivity contribution < 1.29 is 14.4 Å². The second-order valence-electron chi connectivity index (χ2n) is 10.5. The van der Waals surface area contributed by atoms with Crippen molar-refractivity contribution >= 4 is 63.8 Å². The number of para-hydroxylation sites is 1. The molecule has 38 heavy (non-hydrogen) atoms. The number of hydrogen-bond donors (Lipinski definition) is 2. The monoisotopic (exact) mass is 565 g/mol. The fourth-order valence-corrected chi connectivity index (χ4v) is 8.44. The van der Waals surface area contributed by atoms with Crippen LogP contribution in [-0.4, -0.2) is 35.1 Å². The average Bonchev–Trinajstić information content (AvgIpc) is 3.58. The maximum atomic E-state index is 14.6. The molecule has 2 saturated heterocycles. The van der Waals surface area contributed by atoms with Gasteiger partial charge in [0.05, 0.1) is 10.9 Å². The van der Waals surface area contributed by atoms with Crippen molar-refractivity contribution in [3.63, 3.8) is 0 Å². The van der Waals surface area contributed by atoms with Crippen molar-refractivity contribution in [1.82, 2.24) is 4.90 Å². The Labute approximate surface area is 234 Å². The first kappa shape index (κ1) is 24.2. The molecule has 0 unspecified atom stereocenters. The number of rotatable bonds is 2. The number of fused-ring (bicyclic) bond motifs is 7. The summed E-state index contributed by atoms with van der Waals surface area (Å²) in [5.74, 6) is -1.87. The molecular weight excluding hydrogens is 545 g/mol. The van der Waals surface area contributed by atoms with Gasteiger partial charge in [-0.25, -0.2) is 0 Å².